The van der Waals surface area contributed by atoms with Crippen LogP contribution in [0.2, 0.25) is 0 Å². The summed E-state index contributed by atoms with van der Waals surface area (Å²) in [7, 11) is 0. The van der Waals surface area contributed by atoms with Gasteiger partial charge >= 0.3 is 12.1 Å². The third-order valence-corrected chi connectivity index (χ3v) is 7.34. The minimum Gasteiger partial charge on any atom is -0.459 e. The highest BCUT2D eigenvalue weighted by atomic mass is 32.1. The molecule has 1 aliphatic rings. The predicted octanol–water partition coefficient (Wildman–Crippen LogP) is 4.94. The second-order valence-electron chi connectivity index (χ2n) is 9.06. The Balaban J connectivity index is 1.23. The maximum atomic E-state index is 13.0. The van der Waals surface area contributed by atoms with Crippen molar-refractivity contribution >= 4 is 39.5 Å². The molecule has 0 spiro atoms. The van der Waals surface area contributed by atoms with Crippen molar-refractivity contribution in [2.75, 3.05) is 6.54 Å². The van der Waals surface area contributed by atoms with Gasteiger partial charge in [0.1, 0.15) is 19.3 Å². The second kappa shape index (κ2) is 11.9. The van der Waals surface area contributed by atoms with Gasteiger partial charge in [-0.15, -0.1) is 11.3 Å². The third kappa shape index (κ3) is 6.54. The molecule has 4 aromatic rings. The molecule has 0 bridgehead atoms. The van der Waals surface area contributed by atoms with Crippen LogP contribution in [0.15, 0.2) is 79.0 Å². The highest BCUT2D eigenvalue weighted by Gasteiger charge is 2.28. The SMILES string of the molecule is O=C(N[C@H](CNC(=O)c1cc2nccc(C3CC3)c2s1)C(=O)OCc1ccccc1)OCc1ccccc1. The van der Waals surface area contributed by atoms with Gasteiger partial charge in [-0.3, -0.25) is 9.78 Å². The number of fused-ring (bicyclic) bond motifs is 1. The molecule has 1 aliphatic carbocycles. The van der Waals surface area contributed by atoms with Crippen molar-refractivity contribution in [2.45, 2.75) is 38.0 Å². The van der Waals surface area contributed by atoms with Crippen LogP contribution in [-0.2, 0) is 27.5 Å². The number of aromatic nitrogens is 1. The Morgan fingerprint density at radius 1 is 0.921 bits per heavy atom. The first-order valence-electron chi connectivity index (χ1n) is 12.4. The Bertz CT molecular complexity index is 1420. The maximum absolute atomic E-state index is 13.0. The number of alkyl carbamates (subject to hydrolysis) is 1. The molecule has 2 amide bonds. The summed E-state index contributed by atoms with van der Waals surface area (Å²) in [6.07, 6.45) is 3.29. The number of carbonyl (C=O) groups is 3. The Labute approximate surface area is 224 Å². The van der Waals surface area contributed by atoms with E-state index >= 15 is 0 Å². The van der Waals surface area contributed by atoms with E-state index < -0.39 is 18.1 Å². The van der Waals surface area contributed by atoms with Crippen LogP contribution >= 0.6 is 11.3 Å². The number of hydrogen-bond donors (Lipinski definition) is 2. The third-order valence-electron chi connectivity index (χ3n) is 6.16. The van der Waals surface area contributed by atoms with Crippen LogP contribution in [0.1, 0.15) is 45.1 Å². The number of rotatable bonds is 10. The summed E-state index contributed by atoms with van der Waals surface area (Å²) in [4.78, 5) is 43.3. The van der Waals surface area contributed by atoms with E-state index in [1.165, 1.54) is 16.9 Å². The molecule has 5 rings (SSSR count). The van der Waals surface area contributed by atoms with E-state index in [9.17, 15) is 14.4 Å². The van der Waals surface area contributed by atoms with Crippen molar-refractivity contribution in [3.8, 4) is 0 Å². The summed E-state index contributed by atoms with van der Waals surface area (Å²) >= 11 is 1.38. The molecule has 2 aromatic heterocycles. The van der Waals surface area contributed by atoms with Crippen molar-refractivity contribution in [1.82, 2.24) is 15.6 Å². The minimum absolute atomic E-state index is 0.0385. The molecule has 1 saturated carbocycles. The fourth-order valence-electron chi connectivity index (χ4n) is 4.00. The fourth-order valence-corrected chi connectivity index (χ4v) is 5.12. The number of nitrogens with one attached hydrogen (secondary N) is 2. The van der Waals surface area contributed by atoms with Gasteiger partial charge in [0.15, 0.2) is 0 Å². The Morgan fingerprint density at radius 3 is 2.24 bits per heavy atom. The zero-order valence-electron chi connectivity index (χ0n) is 20.6. The Morgan fingerprint density at radius 2 is 1.58 bits per heavy atom. The van der Waals surface area contributed by atoms with E-state index in [1.807, 2.05) is 66.7 Å². The van der Waals surface area contributed by atoms with Crippen LogP contribution < -0.4 is 10.6 Å². The molecule has 2 N–H and O–H groups in total. The lowest BCUT2D eigenvalue weighted by Gasteiger charge is -2.18. The molecule has 38 heavy (non-hydrogen) atoms. The number of benzene rings is 2. The Hall–Kier alpha value is -4.24. The van der Waals surface area contributed by atoms with Gasteiger partial charge < -0.3 is 20.1 Å². The number of amides is 2. The van der Waals surface area contributed by atoms with Crippen molar-refractivity contribution in [1.29, 1.82) is 0 Å². The first-order chi connectivity index (χ1) is 18.6. The first kappa shape index (κ1) is 25.4. The van der Waals surface area contributed by atoms with Crippen LogP contribution in [0.3, 0.4) is 0 Å². The van der Waals surface area contributed by atoms with E-state index in [2.05, 4.69) is 15.6 Å². The van der Waals surface area contributed by atoms with Gasteiger partial charge in [0.2, 0.25) is 0 Å². The zero-order chi connectivity index (χ0) is 26.3. The summed E-state index contributed by atoms with van der Waals surface area (Å²) in [6.45, 7) is -0.0796. The molecule has 0 aliphatic heterocycles. The summed E-state index contributed by atoms with van der Waals surface area (Å²) in [6, 6.07) is 21.0. The molecule has 9 heteroatoms. The molecule has 1 atom stereocenters. The van der Waals surface area contributed by atoms with Crippen molar-refractivity contribution in [3.05, 3.63) is 101 Å². The van der Waals surface area contributed by atoms with Crippen molar-refractivity contribution < 1.29 is 23.9 Å². The van der Waals surface area contributed by atoms with Crippen LogP contribution in [0, 0.1) is 0 Å². The highest BCUT2D eigenvalue weighted by molar-refractivity contribution is 7.21. The van der Waals surface area contributed by atoms with E-state index in [4.69, 9.17) is 9.47 Å². The summed E-state index contributed by atoms with van der Waals surface area (Å²) in [5.74, 6) is -0.500. The van der Waals surface area contributed by atoms with E-state index in [-0.39, 0.29) is 25.7 Å². The van der Waals surface area contributed by atoms with E-state index in [0.29, 0.717) is 10.8 Å². The highest BCUT2D eigenvalue weighted by Crippen LogP contribution is 2.44. The average Bonchev–Trinajstić information content (AvgIpc) is 3.70. The molecule has 2 aromatic carbocycles. The number of hydrogen-bond acceptors (Lipinski definition) is 7. The molecule has 2 heterocycles. The topological polar surface area (TPSA) is 107 Å². The fraction of sp³-hybridized carbons (Fsp3) is 0.241. The number of esters is 1. The number of thiophene rings is 1. The van der Waals surface area contributed by atoms with E-state index in [0.717, 1.165) is 34.2 Å². The molecular weight excluding hydrogens is 502 g/mol. The molecule has 0 radical (unpaired) electrons. The second-order valence-corrected chi connectivity index (χ2v) is 10.1. The van der Waals surface area contributed by atoms with Gasteiger partial charge in [0.05, 0.1) is 15.1 Å². The van der Waals surface area contributed by atoms with Crippen LogP contribution in [0.25, 0.3) is 10.2 Å². The van der Waals surface area contributed by atoms with Gasteiger partial charge in [-0.05, 0) is 47.6 Å². The molecule has 1 fully saturated rings. The van der Waals surface area contributed by atoms with Gasteiger partial charge in [0.25, 0.3) is 5.91 Å². The molecule has 8 nitrogen and oxygen atoms in total. The van der Waals surface area contributed by atoms with Crippen LogP contribution in [0.5, 0.6) is 0 Å². The quantitative estimate of drug-likeness (QED) is 0.282. The molecule has 0 unspecified atom stereocenters. The lowest BCUT2D eigenvalue weighted by molar-refractivity contribution is -0.147. The van der Waals surface area contributed by atoms with Crippen LogP contribution in [0.4, 0.5) is 4.79 Å². The van der Waals surface area contributed by atoms with Gasteiger partial charge in [-0.1, -0.05) is 60.7 Å². The number of pyridine rings is 1. The number of ether oxygens (including phenoxy) is 2. The standard InChI is InChI=1S/C29H27N3O5S/c33-27(25-15-23-26(38-25)22(13-14-30-23)21-11-12-21)31-16-24(28(34)36-17-19-7-3-1-4-8-19)32-29(35)37-18-20-9-5-2-6-10-20/h1-10,13-15,21,24H,11-12,16-18H2,(H,31,33)(H,32,35)/t24-/m1/s1. The zero-order valence-corrected chi connectivity index (χ0v) is 21.4. The monoisotopic (exact) mass is 529 g/mol. The lowest BCUT2D eigenvalue weighted by Crippen LogP contribution is -2.49. The first-order valence-corrected chi connectivity index (χ1v) is 13.2. The number of carbonyl (C=O) groups excluding carboxylic acids is 3. The Kier molecular flexibility index (Phi) is 7.94. The molecule has 194 valence electrons. The molecule has 0 saturated heterocycles. The minimum atomic E-state index is -1.14. The van der Waals surface area contributed by atoms with Crippen molar-refractivity contribution in [3.63, 3.8) is 0 Å². The summed E-state index contributed by atoms with van der Waals surface area (Å²) in [5.41, 5.74) is 3.62. The summed E-state index contributed by atoms with van der Waals surface area (Å²) in [5, 5.41) is 5.28. The normalized spacial score (nSPS) is 13.5. The summed E-state index contributed by atoms with van der Waals surface area (Å²) < 4.78 is 11.7. The molecular formula is C29H27N3O5S. The van der Waals surface area contributed by atoms with Gasteiger partial charge in [-0.2, -0.15) is 0 Å². The maximum Gasteiger partial charge on any atom is 0.408 e. The predicted molar refractivity (Wildman–Crippen MR) is 144 cm³/mol. The van der Waals surface area contributed by atoms with Crippen LogP contribution in [-0.4, -0.2) is 35.5 Å². The number of nitrogens with zero attached hydrogens (tertiary/aromatic N) is 1. The average molecular weight is 530 g/mol. The van der Waals surface area contributed by atoms with E-state index in [1.54, 1.807) is 12.3 Å². The van der Waals surface area contributed by atoms with Crippen molar-refractivity contribution in [2.24, 2.45) is 0 Å². The largest absolute Gasteiger partial charge is 0.459 e. The van der Waals surface area contributed by atoms with Gasteiger partial charge in [0, 0.05) is 12.7 Å². The lowest BCUT2D eigenvalue weighted by atomic mass is 10.1. The van der Waals surface area contributed by atoms with Gasteiger partial charge in [-0.25, -0.2) is 9.59 Å². The smallest absolute Gasteiger partial charge is 0.408 e.